The highest BCUT2D eigenvalue weighted by Gasteiger charge is 2.39. The first kappa shape index (κ1) is 99.3. The van der Waals surface area contributed by atoms with Crippen molar-refractivity contribution in [1.29, 1.82) is 5.26 Å². The number of hydrogen-bond donors (Lipinski definition) is 0. The van der Waals surface area contributed by atoms with Gasteiger partial charge in [-0.05, 0) is 95.4 Å². The maximum absolute atomic E-state index is 10.7. The lowest BCUT2D eigenvalue weighted by molar-refractivity contribution is -0.671. The average Bonchev–Trinajstić information content (AvgIpc) is 1.66. The molecular formula is C62H66F15N9O16S5. The van der Waals surface area contributed by atoms with Gasteiger partial charge in [-0.15, -0.1) is 0 Å². The van der Waals surface area contributed by atoms with E-state index in [1.807, 2.05) is 163 Å². The number of alkyl halides is 15. The smallest absolute Gasteiger partial charge is 0.485 e. The lowest BCUT2D eigenvalue weighted by Crippen LogP contribution is -2.25. The van der Waals surface area contributed by atoms with Crippen LogP contribution >= 0.6 is 0 Å². The van der Waals surface area contributed by atoms with Crippen LogP contribution in [0.2, 0.25) is 0 Å². The van der Waals surface area contributed by atoms with Gasteiger partial charge in [0.1, 0.15) is 35.2 Å². The standard InChI is InChI=1S/C21H23N3.C14H15N2O.C13H15N2.C7H10N.C2H3N.5CHF3O3S/c1-22-14-10-18(11-15-22)4-6-20-8-9-21(24(20)3)7-5-19-12-16-23(2)17-13-19;1-15-9-7-12(8-10-15)3-4-13-5-6-14(11-17)16(13)2;1-14-10-7-12(8-11-14)5-6-13-4-3-9-15(13)2;1-7-3-5-8(2)6-4-7;1-2-3;5*2-1(3,4)8(5,6)7/h4-17H,1-3H3;3-11H,1-2H3;3-11H,1-2H3;3-6H,1-2H3;1H3;5*(H,5,6,7)/q+2;3*+1;;;;;;/p-5. The van der Waals surface area contributed by atoms with Gasteiger partial charge in [-0.2, -0.15) is 71.1 Å². The van der Waals surface area contributed by atoms with Crippen LogP contribution in [-0.4, -0.2) is 112 Å². The summed E-state index contributed by atoms with van der Waals surface area (Å²) < 4.78 is 311. The molecule has 0 aliphatic carbocycles. The summed E-state index contributed by atoms with van der Waals surface area (Å²) in [5.74, 6) is 0. The summed E-state index contributed by atoms with van der Waals surface area (Å²) in [5.41, 5.74) is -16.9. The molecule has 0 saturated heterocycles. The fourth-order valence-electron chi connectivity index (χ4n) is 6.15. The number of aldehydes is 1. The third kappa shape index (κ3) is 41.6. The summed E-state index contributed by atoms with van der Waals surface area (Å²) in [6, 6.07) is 34.8. The van der Waals surface area contributed by atoms with Crippen molar-refractivity contribution in [1.82, 2.24) is 13.7 Å². The fraction of sp³-hybridized carbons (Fsp3) is 0.242. The number of nitrogens with zero attached hydrogens (tertiary/aromatic N) is 9. The molecule has 0 aliphatic heterocycles. The SMILES string of the molecule is CC#N.Cc1cc[n+](C)cc1.Cn1c(/C=C/c2cc[n+](C)cc2)ccc1/C=C/c1cc[n+](C)cc1.Cn1c(C=O)ccc1/C=C/c1cc[n+](C)cc1.Cn1cccc1/C=C/c1cc[n+](C)cc1.O=S(=O)([O-])C(F)(F)F.O=S(=O)([O-])C(F)(F)F.O=S(=O)([O-])C(F)(F)F.O=S(=O)([O-])C(F)(F)F.O=S(=O)([O-])C(F)(F)F. The Hall–Kier alpha value is -9.79. The summed E-state index contributed by atoms with van der Waals surface area (Å²) >= 11 is 0. The minimum atomic E-state index is -6.09. The molecule has 590 valence electrons. The first-order chi connectivity index (χ1) is 48.5. The van der Waals surface area contributed by atoms with E-state index < -0.39 is 78.1 Å². The first-order valence-electron chi connectivity index (χ1n) is 28.3. The third-order valence-electron chi connectivity index (χ3n) is 11.9. The number of carbonyl (C=O) groups is 1. The minimum Gasteiger partial charge on any atom is -0.741 e. The molecule has 0 fully saturated rings. The van der Waals surface area contributed by atoms with Gasteiger partial charge in [0.25, 0.3) is 0 Å². The van der Waals surface area contributed by atoms with Crippen LogP contribution in [0, 0.1) is 18.3 Å². The number of rotatable bonds is 9. The predicted molar refractivity (Wildman–Crippen MR) is 350 cm³/mol. The molecule has 0 N–H and O–H groups in total. The van der Waals surface area contributed by atoms with Crippen LogP contribution in [-0.2, 0) is 107 Å². The highest BCUT2D eigenvalue weighted by atomic mass is 32.2. The Balaban J connectivity index is 0. The molecule has 0 bridgehead atoms. The second kappa shape index (κ2) is 43.7. The van der Waals surface area contributed by atoms with E-state index in [0.717, 1.165) is 17.5 Å². The van der Waals surface area contributed by atoms with Crippen molar-refractivity contribution in [2.24, 2.45) is 56.4 Å². The predicted octanol–water partition coefficient (Wildman–Crippen LogP) is 8.47. The maximum atomic E-state index is 10.7. The Kier molecular flexibility index (Phi) is 40.6. The number of carbonyl (C=O) groups excluding carboxylic acids is 1. The molecule has 45 heteroatoms. The molecule has 0 saturated carbocycles. The molecule has 0 aromatic carbocycles. The highest BCUT2D eigenvalue weighted by molar-refractivity contribution is 7.87. The summed E-state index contributed by atoms with van der Waals surface area (Å²) in [6.45, 7) is 3.51. The Morgan fingerprint density at radius 1 is 0.346 bits per heavy atom. The maximum Gasteiger partial charge on any atom is 0.485 e. The van der Waals surface area contributed by atoms with Crippen LogP contribution in [0.15, 0.2) is 165 Å². The molecule has 0 atom stereocenters. The molecule has 8 aromatic rings. The molecule has 25 nitrogen and oxygen atoms in total. The van der Waals surface area contributed by atoms with Crippen molar-refractivity contribution < 1.29 is 158 Å². The van der Waals surface area contributed by atoms with Gasteiger partial charge in [-0.1, -0.05) is 24.3 Å². The largest absolute Gasteiger partial charge is 0.741 e. The first-order valence-corrected chi connectivity index (χ1v) is 35.3. The summed E-state index contributed by atoms with van der Waals surface area (Å²) in [4.78, 5) is 10.7. The molecular weight excluding hydrogens is 1570 g/mol. The van der Waals surface area contributed by atoms with Gasteiger partial charge in [0.15, 0.2) is 119 Å². The van der Waals surface area contributed by atoms with Crippen molar-refractivity contribution in [3.8, 4) is 6.07 Å². The van der Waals surface area contributed by atoms with Crippen LogP contribution in [0.25, 0.3) is 48.6 Å². The van der Waals surface area contributed by atoms with Crippen LogP contribution in [0.1, 0.15) is 68.0 Å². The van der Waals surface area contributed by atoms with Crippen LogP contribution in [0.5, 0.6) is 0 Å². The van der Waals surface area contributed by atoms with Gasteiger partial charge >= 0.3 is 27.5 Å². The van der Waals surface area contributed by atoms with Crippen LogP contribution in [0.4, 0.5) is 65.9 Å². The van der Waals surface area contributed by atoms with E-state index in [1.165, 1.54) is 46.3 Å². The molecule has 0 radical (unpaired) electrons. The number of hydrogen-bond acceptors (Lipinski definition) is 17. The van der Waals surface area contributed by atoms with Gasteiger partial charge in [0.2, 0.25) is 0 Å². The normalized spacial score (nSPS) is 11.9. The summed E-state index contributed by atoms with van der Waals surface area (Å²) in [6.07, 6.45) is 40.1. The minimum absolute atomic E-state index is 0.684. The van der Waals surface area contributed by atoms with E-state index in [9.17, 15) is 70.7 Å². The highest BCUT2D eigenvalue weighted by Crippen LogP contribution is 2.24. The van der Waals surface area contributed by atoms with E-state index >= 15 is 0 Å². The molecule has 0 amide bonds. The lowest BCUT2D eigenvalue weighted by atomic mass is 10.2. The Bertz CT molecular complexity index is 4490. The zero-order chi connectivity index (χ0) is 83.6. The van der Waals surface area contributed by atoms with Crippen molar-refractivity contribution in [2.45, 2.75) is 41.4 Å². The average molecular weight is 1640 g/mol. The quantitative estimate of drug-likeness (QED) is 0.0429. The summed E-state index contributed by atoms with van der Waals surface area (Å²) in [7, 11) is -14.4. The van der Waals surface area contributed by atoms with Gasteiger partial charge in [-0.25, -0.2) is 64.9 Å². The van der Waals surface area contributed by atoms with Gasteiger partial charge in [0.05, 0.1) is 11.8 Å². The number of halogens is 15. The Labute approximate surface area is 605 Å². The lowest BCUT2D eigenvalue weighted by Gasteiger charge is -2.08. The zero-order valence-corrected chi connectivity index (χ0v) is 61.1. The van der Waals surface area contributed by atoms with E-state index in [-0.39, 0.29) is 0 Å². The van der Waals surface area contributed by atoms with E-state index in [1.54, 1.807) is 6.07 Å². The number of aromatic nitrogens is 8. The molecule has 0 aliphatic rings. The van der Waals surface area contributed by atoms with E-state index in [4.69, 9.17) is 70.1 Å². The second-order valence-corrected chi connectivity index (χ2v) is 27.3. The van der Waals surface area contributed by atoms with Gasteiger partial charge in [-0.3, -0.25) is 4.79 Å². The number of pyridine rings is 5. The van der Waals surface area contributed by atoms with E-state index in [0.29, 0.717) is 5.69 Å². The Morgan fingerprint density at radius 2 is 0.523 bits per heavy atom. The van der Waals surface area contributed by atoms with E-state index in [2.05, 4.69) is 151 Å². The van der Waals surface area contributed by atoms with Crippen LogP contribution < -0.4 is 22.8 Å². The molecule has 8 heterocycles. The number of nitriles is 1. The van der Waals surface area contributed by atoms with Gasteiger partial charge in [0, 0.05) is 118 Å². The topological polar surface area (TPSA) is 361 Å². The van der Waals surface area contributed by atoms with Gasteiger partial charge < -0.3 is 36.5 Å². The van der Waals surface area contributed by atoms with Crippen molar-refractivity contribution in [3.05, 3.63) is 222 Å². The summed E-state index contributed by atoms with van der Waals surface area (Å²) in [5, 5.41) is 7.32. The number of aryl methyl sites for hydroxylation is 7. The van der Waals surface area contributed by atoms with Crippen molar-refractivity contribution in [2.75, 3.05) is 0 Å². The monoisotopic (exact) mass is 1640 g/mol. The fourth-order valence-corrected chi connectivity index (χ4v) is 6.15. The molecule has 107 heavy (non-hydrogen) atoms. The van der Waals surface area contributed by atoms with Crippen molar-refractivity contribution >= 4 is 105 Å². The third-order valence-corrected chi connectivity index (χ3v) is 14.7. The van der Waals surface area contributed by atoms with Crippen LogP contribution in [0.3, 0.4) is 0 Å². The molecule has 8 aromatic heterocycles. The molecule has 0 spiro atoms. The molecule has 8 rings (SSSR count). The second-order valence-electron chi connectivity index (χ2n) is 20.4. The Morgan fingerprint density at radius 3 is 0.682 bits per heavy atom. The zero-order valence-electron chi connectivity index (χ0n) is 57.1. The van der Waals surface area contributed by atoms with Crippen molar-refractivity contribution in [3.63, 3.8) is 0 Å². The molecule has 0 unspecified atom stereocenters.